The zero-order valence-corrected chi connectivity index (χ0v) is 7.31. The van der Waals surface area contributed by atoms with Crippen molar-refractivity contribution in [3.05, 3.63) is 0 Å². The van der Waals surface area contributed by atoms with Gasteiger partial charge in [0.05, 0.1) is 6.54 Å². The number of rotatable bonds is 2. The SMILES string of the molecule is CC(C)C[C@@]1(C)CNC(=O)O1. The Hall–Kier alpha value is -0.730. The van der Waals surface area contributed by atoms with E-state index in [1.807, 2.05) is 6.92 Å². The first-order valence-corrected chi connectivity index (χ1v) is 3.99. The van der Waals surface area contributed by atoms with Gasteiger partial charge in [-0.2, -0.15) is 0 Å². The van der Waals surface area contributed by atoms with Gasteiger partial charge < -0.3 is 10.1 Å². The maximum absolute atomic E-state index is 10.7. The fourth-order valence-corrected chi connectivity index (χ4v) is 1.53. The summed E-state index contributed by atoms with van der Waals surface area (Å²) in [6.07, 6.45) is 0.638. The molecule has 3 heteroatoms. The summed E-state index contributed by atoms with van der Waals surface area (Å²) in [4.78, 5) is 10.7. The number of ether oxygens (including phenoxy) is 1. The van der Waals surface area contributed by atoms with Crippen molar-refractivity contribution in [3.63, 3.8) is 0 Å². The number of carbonyl (C=O) groups excluding carboxylic acids is 1. The second kappa shape index (κ2) is 2.72. The minimum atomic E-state index is -0.284. The molecule has 0 saturated carbocycles. The molecule has 1 rings (SSSR count). The molecule has 0 aliphatic carbocycles. The second-order valence-corrected chi connectivity index (χ2v) is 3.79. The quantitative estimate of drug-likeness (QED) is 0.660. The first-order valence-electron chi connectivity index (χ1n) is 3.99. The molecule has 0 spiro atoms. The molecule has 0 unspecified atom stereocenters. The van der Waals surface area contributed by atoms with E-state index in [0.29, 0.717) is 12.5 Å². The Labute approximate surface area is 67.1 Å². The summed E-state index contributed by atoms with van der Waals surface area (Å²) in [7, 11) is 0. The van der Waals surface area contributed by atoms with Crippen LogP contribution < -0.4 is 5.32 Å². The highest BCUT2D eigenvalue weighted by molar-refractivity contribution is 5.70. The number of amides is 1. The van der Waals surface area contributed by atoms with Gasteiger partial charge in [-0.15, -0.1) is 0 Å². The fourth-order valence-electron chi connectivity index (χ4n) is 1.53. The number of carbonyl (C=O) groups is 1. The number of nitrogens with one attached hydrogen (secondary N) is 1. The molecule has 0 aromatic rings. The van der Waals surface area contributed by atoms with E-state index in [1.165, 1.54) is 0 Å². The molecule has 1 N–H and O–H groups in total. The van der Waals surface area contributed by atoms with Crippen LogP contribution in [-0.4, -0.2) is 18.2 Å². The molecule has 11 heavy (non-hydrogen) atoms. The van der Waals surface area contributed by atoms with E-state index in [4.69, 9.17) is 4.74 Å². The Bertz CT molecular complexity index is 167. The average molecular weight is 157 g/mol. The van der Waals surface area contributed by atoms with Crippen molar-refractivity contribution in [3.8, 4) is 0 Å². The summed E-state index contributed by atoms with van der Waals surface area (Å²) in [6, 6.07) is 0. The average Bonchev–Trinajstić information content (AvgIpc) is 2.08. The molecule has 0 aromatic heterocycles. The standard InChI is InChI=1S/C8H15NO2/c1-6(2)4-8(3)5-9-7(10)11-8/h6H,4-5H2,1-3H3,(H,9,10)/t8-/m0/s1. The van der Waals surface area contributed by atoms with Crippen molar-refractivity contribution in [2.75, 3.05) is 6.54 Å². The van der Waals surface area contributed by atoms with Crippen LogP contribution in [0, 0.1) is 5.92 Å². The normalized spacial score (nSPS) is 30.4. The number of cyclic esters (lactones) is 1. The third kappa shape index (κ3) is 2.10. The van der Waals surface area contributed by atoms with Gasteiger partial charge in [-0.1, -0.05) is 13.8 Å². The Kier molecular flexibility index (Phi) is 2.07. The van der Waals surface area contributed by atoms with Crippen LogP contribution in [0.15, 0.2) is 0 Å². The van der Waals surface area contributed by atoms with E-state index in [9.17, 15) is 4.79 Å². The predicted octanol–water partition coefficient (Wildman–Crippen LogP) is 1.53. The minimum Gasteiger partial charge on any atom is -0.441 e. The van der Waals surface area contributed by atoms with Crippen molar-refractivity contribution in [1.29, 1.82) is 0 Å². The molecular formula is C8H15NO2. The third-order valence-corrected chi connectivity index (χ3v) is 1.79. The van der Waals surface area contributed by atoms with E-state index < -0.39 is 0 Å². The minimum absolute atomic E-state index is 0.273. The molecule has 1 amide bonds. The maximum atomic E-state index is 10.7. The smallest absolute Gasteiger partial charge is 0.407 e. The second-order valence-electron chi connectivity index (χ2n) is 3.79. The Morgan fingerprint density at radius 2 is 2.36 bits per heavy atom. The van der Waals surface area contributed by atoms with E-state index in [1.54, 1.807) is 0 Å². The molecular weight excluding hydrogens is 142 g/mol. The lowest BCUT2D eigenvalue weighted by Crippen LogP contribution is -2.30. The largest absolute Gasteiger partial charge is 0.441 e. The van der Waals surface area contributed by atoms with E-state index in [2.05, 4.69) is 19.2 Å². The van der Waals surface area contributed by atoms with E-state index in [-0.39, 0.29) is 11.7 Å². The van der Waals surface area contributed by atoms with Crippen LogP contribution in [0.5, 0.6) is 0 Å². The molecule has 0 aromatic carbocycles. The van der Waals surface area contributed by atoms with Gasteiger partial charge in [-0.05, 0) is 19.3 Å². The van der Waals surface area contributed by atoms with E-state index >= 15 is 0 Å². The van der Waals surface area contributed by atoms with Crippen molar-refractivity contribution in [1.82, 2.24) is 5.32 Å². The summed E-state index contributed by atoms with van der Waals surface area (Å²) >= 11 is 0. The van der Waals surface area contributed by atoms with Crippen LogP contribution in [0.3, 0.4) is 0 Å². The van der Waals surface area contributed by atoms with Crippen LogP contribution in [0.25, 0.3) is 0 Å². The lowest BCUT2D eigenvalue weighted by molar-refractivity contribution is 0.0551. The molecule has 1 atom stereocenters. The van der Waals surface area contributed by atoms with Gasteiger partial charge in [0.15, 0.2) is 0 Å². The van der Waals surface area contributed by atoms with Crippen LogP contribution in [0.4, 0.5) is 4.79 Å². The molecule has 0 bridgehead atoms. The van der Waals surface area contributed by atoms with Crippen molar-refractivity contribution >= 4 is 6.09 Å². The van der Waals surface area contributed by atoms with Gasteiger partial charge in [-0.25, -0.2) is 4.79 Å². The zero-order valence-electron chi connectivity index (χ0n) is 7.31. The van der Waals surface area contributed by atoms with Crippen molar-refractivity contribution < 1.29 is 9.53 Å². The fraction of sp³-hybridized carbons (Fsp3) is 0.875. The summed E-state index contributed by atoms with van der Waals surface area (Å²) < 4.78 is 5.11. The molecule has 64 valence electrons. The van der Waals surface area contributed by atoms with Crippen LogP contribution in [-0.2, 0) is 4.74 Å². The number of hydrogen-bond acceptors (Lipinski definition) is 2. The number of hydrogen-bond donors (Lipinski definition) is 1. The highest BCUT2D eigenvalue weighted by Gasteiger charge is 2.35. The third-order valence-electron chi connectivity index (χ3n) is 1.79. The topological polar surface area (TPSA) is 38.3 Å². The monoisotopic (exact) mass is 157 g/mol. The molecule has 0 radical (unpaired) electrons. The molecule has 1 heterocycles. The van der Waals surface area contributed by atoms with Crippen LogP contribution in [0.2, 0.25) is 0 Å². The Balaban J connectivity index is 2.48. The van der Waals surface area contributed by atoms with Crippen molar-refractivity contribution in [2.45, 2.75) is 32.8 Å². The van der Waals surface area contributed by atoms with Gasteiger partial charge in [0, 0.05) is 0 Å². The number of alkyl carbamates (subject to hydrolysis) is 1. The Morgan fingerprint density at radius 3 is 2.73 bits per heavy atom. The van der Waals surface area contributed by atoms with Gasteiger partial charge in [0.2, 0.25) is 0 Å². The summed E-state index contributed by atoms with van der Waals surface area (Å²) in [5.74, 6) is 0.563. The van der Waals surface area contributed by atoms with Gasteiger partial charge >= 0.3 is 6.09 Å². The Morgan fingerprint density at radius 1 is 1.73 bits per heavy atom. The molecule has 3 nitrogen and oxygen atoms in total. The first kappa shape index (κ1) is 8.37. The predicted molar refractivity (Wildman–Crippen MR) is 42.3 cm³/mol. The van der Waals surface area contributed by atoms with Gasteiger partial charge in [0.1, 0.15) is 5.60 Å². The van der Waals surface area contributed by atoms with Crippen molar-refractivity contribution in [2.24, 2.45) is 5.92 Å². The van der Waals surface area contributed by atoms with E-state index in [0.717, 1.165) is 6.42 Å². The van der Waals surface area contributed by atoms with Gasteiger partial charge in [-0.3, -0.25) is 0 Å². The molecule has 1 fully saturated rings. The maximum Gasteiger partial charge on any atom is 0.407 e. The molecule has 1 saturated heterocycles. The highest BCUT2D eigenvalue weighted by atomic mass is 16.6. The van der Waals surface area contributed by atoms with Crippen LogP contribution >= 0.6 is 0 Å². The summed E-state index contributed by atoms with van der Waals surface area (Å²) in [6.45, 7) is 6.85. The summed E-state index contributed by atoms with van der Waals surface area (Å²) in [5.41, 5.74) is -0.273. The first-order chi connectivity index (χ1) is 5.02. The van der Waals surface area contributed by atoms with Crippen LogP contribution in [0.1, 0.15) is 27.2 Å². The summed E-state index contributed by atoms with van der Waals surface area (Å²) in [5, 5.41) is 2.65. The molecule has 1 aliphatic rings. The molecule has 1 aliphatic heterocycles. The lowest BCUT2D eigenvalue weighted by Gasteiger charge is -2.22. The van der Waals surface area contributed by atoms with Gasteiger partial charge in [0.25, 0.3) is 0 Å². The highest BCUT2D eigenvalue weighted by Crippen LogP contribution is 2.23. The zero-order chi connectivity index (χ0) is 8.48. The lowest BCUT2D eigenvalue weighted by atomic mass is 9.95.